The molecular weight excluding hydrogens is 356 g/mol. The minimum absolute atomic E-state index is 0.175. The fraction of sp³-hybridized carbons (Fsp3) is 0.167. The number of hydrogen-bond donors (Lipinski definition) is 1. The van der Waals surface area contributed by atoms with Crippen LogP contribution in [0.3, 0.4) is 0 Å². The smallest absolute Gasteiger partial charge is 0.285 e. The average molecular weight is 372 g/mol. The molecule has 0 bridgehead atoms. The molecule has 26 heavy (non-hydrogen) atoms. The maximum absolute atomic E-state index is 12.6. The molecule has 0 radical (unpaired) electrons. The van der Waals surface area contributed by atoms with Crippen molar-refractivity contribution in [1.82, 2.24) is 0 Å². The van der Waals surface area contributed by atoms with E-state index in [-0.39, 0.29) is 17.5 Å². The zero-order valence-corrected chi connectivity index (χ0v) is 15.0. The summed E-state index contributed by atoms with van der Waals surface area (Å²) in [5.41, 5.74) is 1.78. The minimum Gasteiger partial charge on any atom is -0.497 e. The number of nitrogens with one attached hydrogen (secondary N) is 1. The van der Waals surface area contributed by atoms with Gasteiger partial charge in [0.2, 0.25) is 6.79 Å². The fourth-order valence-electron chi connectivity index (χ4n) is 2.87. The highest BCUT2D eigenvalue weighted by atomic mass is 32.2. The lowest BCUT2D eigenvalue weighted by Crippen LogP contribution is -2.11. The molecule has 4 rings (SSSR count). The Balaban J connectivity index is 1.67. The number of anilines is 1. The van der Waals surface area contributed by atoms with E-state index >= 15 is 0 Å². The molecule has 2 aliphatic rings. The van der Waals surface area contributed by atoms with Crippen molar-refractivity contribution in [3.05, 3.63) is 53.6 Å². The second-order valence-electron chi connectivity index (χ2n) is 5.79. The first-order valence-corrected chi connectivity index (χ1v) is 9.29. The maximum Gasteiger partial charge on any atom is 0.285 e. The highest BCUT2D eigenvalue weighted by Gasteiger charge is 2.31. The van der Waals surface area contributed by atoms with E-state index in [9.17, 15) is 8.42 Å². The Labute approximate surface area is 151 Å². The largest absolute Gasteiger partial charge is 0.497 e. The second-order valence-corrected chi connectivity index (χ2v) is 7.33. The van der Waals surface area contributed by atoms with Gasteiger partial charge in [0.25, 0.3) is 10.0 Å². The monoisotopic (exact) mass is 372 g/mol. The normalized spacial score (nSPS) is 17.2. The average Bonchev–Trinajstić information content (AvgIpc) is 3.17. The minimum atomic E-state index is -3.78. The molecule has 2 heterocycles. The van der Waals surface area contributed by atoms with Crippen LogP contribution >= 0.6 is 0 Å². The summed E-state index contributed by atoms with van der Waals surface area (Å²) in [6, 6.07) is 12.1. The molecule has 0 spiro atoms. The van der Waals surface area contributed by atoms with Crippen LogP contribution in [0.1, 0.15) is 12.5 Å². The van der Waals surface area contributed by atoms with E-state index in [1.54, 1.807) is 56.5 Å². The van der Waals surface area contributed by atoms with Gasteiger partial charge in [0, 0.05) is 17.3 Å². The van der Waals surface area contributed by atoms with E-state index in [1.165, 1.54) is 0 Å². The molecule has 2 aliphatic heterocycles. The summed E-state index contributed by atoms with van der Waals surface area (Å²) < 4.78 is 44.7. The molecule has 134 valence electrons. The predicted octanol–water partition coefficient (Wildman–Crippen LogP) is 3.01. The van der Waals surface area contributed by atoms with Gasteiger partial charge in [0.05, 0.1) is 7.11 Å². The number of nitrogens with zero attached hydrogens (tertiary/aromatic N) is 1. The van der Waals surface area contributed by atoms with Crippen LogP contribution in [-0.4, -0.2) is 28.2 Å². The van der Waals surface area contributed by atoms with Gasteiger partial charge in [0.15, 0.2) is 11.5 Å². The van der Waals surface area contributed by atoms with Crippen LogP contribution in [0, 0.1) is 0 Å². The molecule has 8 heteroatoms. The van der Waals surface area contributed by atoms with Crippen molar-refractivity contribution in [2.45, 2.75) is 6.92 Å². The van der Waals surface area contributed by atoms with E-state index in [4.69, 9.17) is 14.2 Å². The zero-order chi connectivity index (χ0) is 18.3. The summed E-state index contributed by atoms with van der Waals surface area (Å²) in [6.07, 6.45) is 0. The van der Waals surface area contributed by atoms with Crippen molar-refractivity contribution < 1.29 is 22.6 Å². The third-order valence-corrected chi connectivity index (χ3v) is 5.63. The Morgan fingerprint density at radius 3 is 2.54 bits per heavy atom. The van der Waals surface area contributed by atoms with Gasteiger partial charge in [-0.2, -0.15) is 8.42 Å². The zero-order valence-electron chi connectivity index (χ0n) is 14.1. The molecule has 7 nitrogen and oxygen atoms in total. The fourth-order valence-corrected chi connectivity index (χ4v) is 4.30. The molecule has 0 atom stereocenters. The number of rotatable bonds is 3. The highest BCUT2D eigenvalue weighted by molar-refractivity contribution is 8.00. The first-order chi connectivity index (χ1) is 12.5. The Morgan fingerprint density at radius 2 is 1.81 bits per heavy atom. The first kappa shape index (κ1) is 16.5. The summed E-state index contributed by atoms with van der Waals surface area (Å²) >= 11 is 0. The SMILES string of the molecule is COc1ccc(C2=C(C)C(Nc3ccc4c(c3)OCO4)=NS2(=O)=O)cc1. The number of methoxy groups -OCH3 is 1. The third kappa shape index (κ3) is 2.78. The lowest BCUT2D eigenvalue weighted by molar-refractivity contribution is 0.174. The molecule has 0 aliphatic carbocycles. The van der Waals surface area contributed by atoms with Gasteiger partial charge >= 0.3 is 0 Å². The Bertz CT molecular complexity index is 1040. The Kier molecular flexibility index (Phi) is 3.84. The van der Waals surface area contributed by atoms with Gasteiger partial charge < -0.3 is 19.5 Å². The van der Waals surface area contributed by atoms with Crippen molar-refractivity contribution in [3.63, 3.8) is 0 Å². The number of benzene rings is 2. The quantitative estimate of drug-likeness (QED) is 0.891. The van der Waals surface area contributed by atoms with Crippen LogP contribution in [-0.2, 0) is 10.0 Å². The Morgan fingerprint density at radius 1 is 1.08 bits per heavy atom. The lowest BCUT2D eigenvalue weighted by Gasteiger charge is -2.08. The van der Waals surface area contributed by atoms with E-state index in [0.29, 0.717) is 34.1 Å². The van der Waals surface area contributed by atoms with Gasteiger partial charge in [-0.3, -0.25) is 0 Å². The van der Waals surface area contributed by atoms with Gasteiger partial charge in [-0.15, -0.1) is 4.40 Å². The first-order valence-electron chi connectivity index (χ1n) is 7.85. The van der Waals surface area contributed by atoms with Crippen LogP contribution in [0.2, 0.25) is 0 Å². The van der Waals surface area contributed by atoms with Gasteiger partial charge in [-0.1, -0.05) is 0 Å². The molecule has 0 unspecified atom stereocenters. The molecule has 2 aromatic rings. The van der Waals surface area contributed by atoms with E-state index in [2.05, 4.69) is 9.71 Å². The molecule has 1 N–H and O–H groups in total. The molecule has 0 saturated carbocycles. The van der Waals surface area contributed by atoms with Crippen LogP contribution < -0.4 is 19.5 Å². The summed E-state index contributed by atoms with van der Waals surface area (Å²) in [4.78, 5) is 0.184. The Hall–Kier alpha value is -3.00. The van der Waals surface area contributed by atoms with Crippen LogP contribution in [0.15, 0.2) is 52.4 Å². The predicted molar refractivity (Wildman–Crippen MR) is 98.1 cm³/mol. The summed E-state index contributed by atoms with van der Waals surface area (Å²) in [5, 5.41) is 3.05. The molecule has 2 aromatic carbocycles. The second kappa shape index (κ2) is 6.06. The summed E-state index contributed by atoms with van der Waals surface area (Å²) in [5.74, 6) is 2.20. The molecular formula is C18H16N2O5S. The number of fused-ring (bicyclic) bond motifs is 1. The van der Waals surface area contributed by atoms with Gasteiger partial charge in [-0.05, 0) is 48.9 Å². The van der Waals surface area contributed by atoms with Crippen molar-refractivity contribution in [3.8, 4) is 17.2 Å². The standard InChI is InChI=1S/C18H16N2O5S/c1-11-17(12-3-6-14(23-2)7-4-12)26(21,22)20-18(11)19-13-5-8-15-16(9-13)25-10-24-15/h3-9H,10H2,1-2H3,(H,19,20). The van der Waals surface area contributed by atoms with Crippen LogP contribution in [0.25, 0.3) is 4.91 Å². The van der Waals surface area contributed by atoms with Crippen LogP contribution in [0.4, 0.5) is 5.69 Å². The molecule has 0 fully saturated rings. The van der Waals surface area contributed by atoms with Crippen molar-refractivity contribution in [2.24, 2.45) is 4.40 Å². The number of sulfonamides is 1. The third-order valence-electron chi connectivity index (χ3n) is 4.15. The summed E-state index contributed by atoms with van der Waals surface area (Å²) in [7, 11) is -2.22. The van der Waals surface area contributed by atoms with Gasteiger partial charge in [-0.25, -0.2) is 0 Å². The number of amidine groups is 1. The number of ether oxygens (including phenoxy) is 3. The highest BCUT2D eigenvalue weighted by Crippen LogP contribution is 2.36. The summed E-state index contributed by atoms with van der Waals surface area (Å²) in [6.45, 7) is 1.90. The topological polar surface area (TPSA) is 86.2 Å². The van der Waals surface area contributed by atoms with Gasteiger partial charge in [0.1, 0.15) is 16.5 Å². The van der Waals surface area contributed by atoms with E-state index < -0.39 is 10.0 Å². The van der Waals surface area contributed by atoms with E-state index in [1.807, 2.05) is 0 Å². The molecule has 0 aromatic heterocycles. The van der Waals surface area contributed by atoms with Crippen molar-refractivity contribution >= 4 is 26.5 Å². The maximum atomic E-state index is 12.6. The van der Waals surface area contributed by atoms with Crippen LogP contribution in [0.5, 0.6) is 17.2 Å². The number of hydrogen-bond acceptors (Lipinski definition) is 6. The van der Waals surface area contributed by atoms with E-state index in [0.717, 1.165) is 0 Å². The molecule has 0 saturated heterocycles. The van der Waals surface area contributed by atoms with Crippen molar-refractivity contribution in [2.75, 3.05) is 19.2 Å². The lowest BCUT2D eigenvalue weighted by atomic mass is 10.1. The molecule has 0 amide bonds. The van der Waals surface area contributed by atoms with Crippen molar-refractivity contribution in [1.29, 1.82) is 0 Å².